The van der Waals surface area contributed by atoms with Gasteiger partial charge in [-0.2, -0.15) is 0 Å². The molecule has 2 nitrogen and oxygen atoms in total. The van der Waals surface area contributed by atoms with Crippen molar-refractivity contribution in [1.82, 2.24) is 0 Å². The summed E-state index contributed by atoms with van der Waals surface area (Å²) in [5, 5.41) is 0.727. The molecular weight excluding hydrogens is 276 g/mol. The van der Waals surface area contributed by atoms with E-state index in [2.05, 4.69) is 11.9 Å². The van der Waals surface area contributed by atoms with Crippen molar-refractivity contribution in [2.75, 3.05) is 12.8 Å². The third-order valence-electron chi connectivity index (χ3n) is 3.99. The van der Waals surface area contributed by atoms with Crippen LogP contribution < -0.4 is 5.73 Å². The van der Waals surface area contributed by atoms with Gasteiger partial charge in [-0.25, -0.2) is 0 Å². The molecule has 0 unspecified atom stereocenters. The first-order valence-corrected chi connectivity index (χ1v) is 10.4. The topological polar surface area (TPSA) is 38.4 Å². The van der Waals surface area contributed by atoms with E-state index in [1.54, 1.807) is 0 Å². The first kappa shape index (κ1) is 20.8. The van der Waals surface area contributed by atoms with Crippen LogP contribution in [0.5, 0.6) is 0 Å². The molecule has 0 amide bonds. The molecule has 2 N–H and O–H groups in total. The number of nitrogens with two attached hydrogens (primary N) is 1. The van der Waals surface area contributed by atoms with Crippen LogP contribution in [0.15, 0.2) is 4.99 Å². The van der Waals surface area contributed by atoms with E-state index in [0.717, 1.165) is 11.7 Å². The van der Waals surface area contributed by atoms with Crippen LogP contribution in [0, 0.1) is 0 Å². The van der Waals surface area contributed by atoms with Gasteiger partial charge < -0.3 is 5.73 Å². The lowest BCUT2D eigenvalue weighted by atomic mass is 10.0. The summed E-state index contributed by atoms with van der Waals surface area (Å²) >= 11 is 1.54. The van der Waals surface area contributed by atoms with Gasteiger partial charge in [0.1, 0.15) is 0 Å². The number of thioether (sulfide) groups is 1. The Hall–Kier alpha value is -0.180. The molecule has 0 rings (SSSR count). The maximum absolute atomic E-state index is 5.64. The summed E-state index contributed by atoms with van der Waals surface area (Å²) in [5.74, 6) is 0. The molecule has 0 saturated carbocycles. The van der Waals surface area contributed by atoms with Crippen molar-refractivity contribution in [2.24, 2.45) is 10.7 Å². The standard InChI is InChI=1S/C18H38N2S/c1-3-4-5-6-7-8-9-10-11-12-13-14-15-16-17-20-18(19)21-2/h3-17H2,1-2H3,(H2,19,20). The van der Waals surface area contributed by atoms with Gasteiger partial charge in [0, 0.05) is 6.54 Å². The molecule has 21 heavy (non-hydrogen) atoms. The van der Waals surface area contributed by atoms with Crippen molar-refractivity contribution in [3.05, 3.63) is 0 Å². The zero-order chi connectivity index (χ0) is 15.6. The number of aliphatic imine (C=N–C) groups is 1. The normalized spacial score (nSPS) is 12.0. The second kappa shape index (κ2) is 17.9. The molecule has 3 heteroatoms. The lowest BCUT2D eigenvalue weighted by Crippen LogP contribution is -2.06. The highest BCUT2D eigenvalue weighted by atomic mass is 32.2. The van der Waals surface area contributed by atoms with E-state index >= 15 is 0 Å². The van der Waals surface area contributed by atoms with Gasteiger partial charge in [0.15, 0.2) is 5.17 Å². The molecule has 0 aliphatic heterocycles. The minimum atomic E-state index is 0.727. The Balaban J connectivity index is 3.03. The molecule has 0 spiro atoms. The Labute approximate surface area is 137 Å². The largest absolute Gasteiger partial charge is 0.379 e. The van der Waals surface area contributed by atoms with Crippen LogP contribution >= 0.6 is 11.8 Å². The molecule has 0 saturated heterocycles. The van der Waals surface area contributed by atoms with E-state index in [1.807, 2.05) is 6.26 Å². The van der Waals surface area contributed by atoms with E-state index in [-0.39, 0.29) is 0 Å². The van der Waals surface area contributed by atoms with Gasteiger partial charge in [0.2, 0.25) is 0 Å². The van der Waals surface area contributed by atoms with Crippen LogP contribution in [0.1, 0.15) is 96.8 Å². The third kappa shape index (κ3) is 17.8. The Morgan fingerprint density at radius 2 is 1.10 bits per heavy atom. The Morgan fingerprint density at radius 1 is 0.714 bits per heavy atom. The number of hydrogen-bond acceptors (Lipinski definition) is 2. The average molecular weight is 315 g/mol. The highest BCUT2D eigenvalue weighted by Crippen LogP contribution is 2.12. The quantitative estimate of drug-likeness (QED) is 0.224. The predicted octanol–water partition coefficient (Wildman–Crippen LogP) is 6.15. The molecule has 126 valence electrons. The van der Waals surface area contributed by atoms with E-state index in [1.165, 1.54) is 102 Å². The number of nitrogens with zero attached hydrogens (tertiary/aromatic N) is 1. The molecular formula is C18H38N2S. The minimum absolute atomic E-state index is 0.727. The molecule has 0 fully saturated rings. The zero-order valence-electron chi connectivity index (χ0n) is 14.5. The van der Waals surface area contributed by atoms with Gasteiger partial charge in [-0.3, -0.25) is 4.99 Å². The second-order valence-electron chi connectivity index (χ2n) is 6.02. The van der Waals surface area contributed by atoms with Crippen LogP contribution in [0.25, 0.3) is 0 Å². The third-order valence-corrected chi connectivity index (χ3v) is 4.54. The summed E-state index contributed by atoms with van der Waals surface area (Å²) in [4.78, 5) is 4.29. The van der Waals surface area contributed by atoms with Crippen molar-refractivity contribution in [2.45, 2.75) is 96.8 Å². The number of hydrogen-bond donors (Lipinski definition) is 1. The van der Waals surface area contributed by atoms with Crippen molar-refractivity contribution >= 4 is 16.9 Å². The lowest BCUT2D eigenvalue weighted by molar-refractivity contribution is 0.536. The van der Waals surface area contributed by atoms with Crippen LogP contribution in [0.4, 0.5) is 0 Å². The summed E-state index contributed by atoms with van der Waals surface area (Å²) in [5.41, 5.74) is 5.64. The summed E-state index contributed by atoms with van der Waals surface area (Å²) in [6, 6.07) is 0. The van der Waals surface area contributed by atoms with Gasteiger partial charge in [-0.1, -0.05) is 102 Å². The van der Waals surface area contributed by atoms with Gasteiger partial charge in [0.25, 0.3) is 0 Å². The van der Waals surface area contributed by atoms with Crippen molar-refractivity contribution < 1.29 is 0 Å². The van der Waals surface area contributed by atoms with Gasteiger partial charge in [-0.15, -0.1) is 0 Å². The van der Waals surface area contributed by atoms with Gasteiger partial charge >= 0.3 is 0 Å². The molecule has 0 bridgehead atoms. The molecule has 0 aliphatic carbocycles. The average Bonchev–Trinajstić information content (AvgIpc) is 2.50. The summed E-state index contributed by atoms with van der Waals surface area (Å²) in [7, 11) is 0. The van der Waals surface area contributed by atoms with Crippen molar-refractivity contribution in [3.8, 4) is 0 Å². The van der Waals surface area contributed by atoms with Crippen LogP contribution in [0.3, 0.4) is 0 Å². The Bertz CT molecular complexity index is 229. The number of amidine groups is 1. The Kier molecular flexibility index (Phi) is 17.7. The predicted molar refractivity (Wildman–Crippen MR) is 100 cm³/mol. The maximum atomic E-state index is 5.64. The minimum Gasteiger partial charge on any atom is -0.379 e. The monoisotopic (exact) mass is 314 g/mol. The van der Waals surface area contributed by atoms with Crippen LogP contribution in [-0.2, 0) is 0 Å². The highest BCUT2D eigenvalue weighted by molar-refractivity contribution is 8.13. The number of unbranched alkanes of at least 4 members (excludes halogenated alkanes) is 13. The van der Waals surface area contributed by atoms with Crippen LogP contribution in [-0.4, -0.2) is 18.0 Å². The van der Waals surface area contributed by atoms with Crippen LogP contribution in [0.2, 0.25) is 0 Å². The SMILES string of the molecule is CCCCCCCCCCCCCCCCN=C(N)SC. The van der Waals surface area contributed by atoms with E-state index in [4.69, 9.17) is 5.73 Å². The molecule has 0 aromatic heterocycles. The number of rotatable bonds is 15. The Morgan fingerprint density at radius 3 is 1.48 bits per heavy atom. The molecule has 0 aliphatic rings. The second-order valence-corrected chi connectivity index (χ2v) is 6.85. The van der Waals surface area contributed by atoms with Crippen molar-refractivity contribution in [1.29, 1.82) is 0 Å². The summed E-state index contributed by atoms with van der Waals surface area (Å²) < 4.78 is 0. The molecule has 0 heterocycles. The van der Waals surface area contributed by atoms with E-state index in [9.17, 15) is 0 Å². The molecule has 0 aromatic rings. The molecule has 0 atom stereocenters. The zero-order valence-corrected chi connectivity index (χ0v) is 15.4. The fourth-order valence-electron chi connectivity index (χ4n) is 2.56. The molecule has 0 aromatic carbocycles. The van der Waals surface area contributed by atoms with Crippen molar-refractivity contribution in [3.63, 3.8) is 0 Å². The fourth-order valence-corrected chi connectivity index (χ4v) is 2.78. The molecule has 0 radical (unpaired) electrons. The van der Waals surface area contributed by atoms with Gasteiger partial charge in [0.05, 0.1) is 0 Å². The van der Waals surface area contributed by atoms with E-state index < -0.39 is 0 Å². The maximum Gasteiger partial charge on any atom is 0.153 e. The lowest BCUT2D eigenvalue weighted by Gasteiger charge is -2.03. The fraction of sp³-hybridized carbons (Fsp3) is 0.944. The first-order valence-electron chi connectivity index (χ1n) is 9.15. The highest BCUT2D eigenvalue weighted by Gasteiger charge is 1.94. The first-order chi connectivity index (χ1) is 10.3. The smallest absolute Gasteiger partial charge is 0.153 e. The van der Waals surface area contributed by atoms with Gasteiger partial charge in [-0.05, 0) is 12.7 Å². The van der Waals surface area contributed by atoms with E-state index in [0.29, 0.717) is 0 Å². The summed E-state index contributed by atoms with van der Waals surface area (Å²) in [6.07, 6.45) is 21.6. The summed E-state index contributed by atoms with van der Waals surface area (Å²) in [6.45, 7) is 3.19.